The number of hydrogen-bond donors (Lipinski definition) is 2. The molecule has 0 unspecified atom stereocenters. The smallest absolute Gasteiger partial charge is 0.296 e. The zero-order valence-electron chi connectivity index (χ0n) is 14.7. The van der Waals surface area contributed by atoms with Gasteiger partial charge in [-0.2, -0.15) is 0 Å². The predicted octanol–water partition coefficient (Wildman–Crippen LogP) is 4.54. The topological polar surface area (TPSA) is 116 Å². The second-order valence-corrected chi connectivity index (χ2v) is 7.28. The Morgan fingerprint density at radius 1 is 1.18 bits per heavy atom. The molecule has 2 N–H and O–H groups in total. The summed E-state index contributed by atoms with van der Waals surface area (Å²) < 4.78 is 7.58. The van der Waals surface area contributed by atoms with Gasteiger partial charge in [0.05, 0.1) is 23.7 Å². The first-order chi connectivity index (χ1) is 13.6. The molecule has 28 heavy (non-hydrogen) atoms. The van der Waals surface area contributed by atoms with E-state index < -0.39 is 4.92 Å². The Balaban J connectivity index is 1.66. The average Bonchev–Trinajstić information content (AvgIpc) is 3.02. The van der Waals surface area contributed by atoms with Crippen LogP contribution in [0.25, 0.3) is 10.9 Å². The first-order valence-corrected chi connectivity index (χ1v) is 9.39. The molecule has 0 aliphatic carbocycles. The number of nitro benzene ring substituents is 1. The summed E-state index contributed by atoms with van der Waals surface area (Å²) in [6.07, 6.45) is 0. The van der Waals surface area contributed by atoms with Gasteiger partial charge in [0.15, 0.2) is 11.4 Å². The summed E-state index contributed by atoms with van der Waals surface area (Å²) in [6, 6.07) is 11.8. The van der Waals surface area contributed by atoms with Gasteiger partial charge in [-0.3, -0.25) is 10.1 Å². The van der Waals surface area contributed by atoms with Gasteiger partial charge in [-0.1, -0.05) is 12.1 Å². The fourth-order valence-corrected chi connectivity index (χ4v) is 3.82. The van der Waals surface area contributed by atoms with Gasteiger partial charge >= 0.3 is 0 Å². The maximum absolute atomic E-state index is 11.1. The van der Waals surface area contributed by atoms with E-state index in [0.717, 1.165) is 18.0 Å². The van der Waals surface area contributed by atoms with Gasteiger partial charge in [0.25, 0.3) is 5.69 Å². The van der Waals surface area contributed by atoms with Crippen molar-refractivity contribution in [3.8, 4) is 5.88 Å². The van der Waals surface area contributed by atoms with Crippen LogP contribution in [-0.2, 0) is 4.74 Å². The number of nitrogens with zero attached hydrogens (tertiary/aromatic N) is 4. The molecule has 10 heteroatoms. The summed E-state index contributed by atoms with van der Waals surface area (Å²) >= 11 is 1.61. The first kappa shape index (κ1) is 18.4. The quantitative estimate of drug-likeness (QED) is 0.282. The highest BCUT2D eigenvalue weighted by Gasteiger charge is 2.16. The highest BCUT2D eigenvalue weighted by Crippen LogP contribution is 2.39. The summed E-state index contributed by atoms with van der Waals surface area (Å²) in [7, 11) is 0. The maximum atomic E-state index is 11.1. The third kappa shape index (κ3) is 3.84. The van der Waals surface area contributed by atoms with Crippen LogP contribution in [0.5, 0.6) is 5.88 Å². The molecule has 2 aromatic carbocycles. The zero-order valence-corrected chi connectivity index (χ0v) is 15.6. The van der Waals surface area contributed by atoms with Gasteiger partial charge in [-0.15, -0.1) is 10.2 Å². The number of H-pyrrole nitrogens is 1. The Kier molecular flexibility index (Phi) is 5.24. The predicted molar refractivity (Wildman–Crippen MR) is 105 cm³/mol. The highest BCUT2D eigenvalue weighted by atomic mass is 32.2. The number of nitro groups is 1. The monoisotopic (exact) mass is 399 g/mol. The molecule has 1 fully saturated rings. The van der Waals surface area contributed by atoms with Crippen molar-refractivity contribution in [2.24, 2.45) is 10.2 Å². The number of azo groups is 1. The van der Waals surface area contributed by atoms with Crippen molar-refractivity contribution in [1.29, 1.82) is 0 Å². The SMILES string of the molecule is O=[N+]([O-])c1ccccc1N=Nc1c(O)[nH]c2ccc(SN3CCOCC3)cc12. The molecule has 0 atom stereocenters. The van der Waals surface area contributed by atoms with E-state index in [2.05, 4.69) is 19.5 Å². The van der Waals surface area contributed by atoms with Gasteiger partial charge in [-0.05, 0) is 36.2 Å². The Hall–Kier alpha value is -2.95. The maximum Gasteiger partial charge on any atom is 0.296 e. The van der Waals surface area contributed by atoms with E-state index >= 15 is 0 Å². The van der Waals surface area contributed by atoms with Gasteiger partial charge in [-0.25, -0.2) is 4.31 Å². The van der Waals surface area contributed by atoms with E-state index in [1.54, 1.807) is 24.1 Å². The summed E-state index contributed by atoms with van der Waals surface area (Å²) in [5.74, 6) is -0.133. The third-order valence-corrected chi connectivity index (χ3v) is 5.35. The van der Waals surface area contributed by atoms with Crippen molar-refractivity contribution in [1.82, 2.24) is 9.29 Å². The Bertz CT molecular complexity index is 1050. The molecule has 2 heterocycles. The highest BCUT2D eigenvalue weighted by molar-refractivity contribution is 7.97. The van der Waals surface area contributed by atoms with Crippen molar-refractivity contribution < 1.29 is 14.8 Å². The van der Waals surface area contributed by atoms with E-state index in [-0.39, 0.29) is 22.9 Å². The van der Waals surface area contributed by atoms with Crippen LogP contribution in [0.4, 0.5) is 17.1 Å². The average molecular weight is 399 g/mol. The Morgan fingerprint density at radius 2 is 1.96 bits per heavy atom. The fraction of sp³-hybridized carbons (Fsp3) is 0.222. The lowest BCUT2D eigenvalue weighted by Crippen LogP contribution is -2.30. The van der Waals surface area contributed by atoms with E-state index in [1.165, 1.54) is 12.1 Å². The van der Waals surface area contributed by atoms with Crippen LogP contribution in [0.1, 0.15) is 0 Å². The lowest BCUT2D eigenvalue weighted by atomic mass is 10.2. The third-order valence-electron chi connectivity index (χ3n) is 4.26. The molecular formula is C18H17N5O4S. The van der Waals surface area contributed by atoms with E-state index in [9.17, 15) is 15.2 Å². The Labute approximate surface area is 164 Å². The number of aromatic amines is 1. The summed E-state index contributed by atoms with van der Waals surface area (Å²) in [5, 5.41) is 30.1. The molecule has 0 radical (unpaired) electrons. The molecule has 0 spiro atoms. The van der Waals surface area contributed by atoms with Gasteiger partial charge in [0.2, 0.25) is 5.88 Å². The minimum Gasteiger partial charge on any atom is -0.493 e. The molecule has 1 aliphatic heterocycles. The molecule has 4 rings (SSSR count). The largest absolute Gasteiger partial charge is 0.493 e. The fourth-order valence-electron chi connectivity index (χ4n) is 2.89. The lowest BCUT2D eigenvalue weighted by Gasteiger charge is -2.25. The van der Waals surface area contributed by atoms with Crippen LogP contribution >= 0.6 is 11.9 Å². The van der Waals surface area contributed by atoms with Crippen molar-refractivity contribution in [2.45, 2.75) is 4.90 Å². The van der Waals surface area contributed by atoms with E-state index in [4.69, 9.17) is 4.74 Å². The van der Waals surface area contributed by atoms with Crippen LogP contribution in [0.15, 0.2) is 57.6 Å². The number of para-hydroxylation sites is 1. The van der Waals surface area contributed by atoms with Gasteiger partial charge in [0, 0.05) is 29.4 Å². The van der Waals surface area contributed by atoms with E-state index in [1.807, 2.05) is 18.2 Å². The van der Waals surface area contributed by atoms with Gasteiger partial charge in [0.1, 0.15) is 0 Å². The van der Waals surface area contributed by atoms with Gasteiger partial charge < -0.3 is 14.8 Å². The zero-order chi connectivity index (χ0) is 19.5. The number of fused-ring (bicyclic) bond motifs is 1. The number of morpholine rings is 1. The molecule has 0 bridgehead atoms. The normalized spacial score (nSPS) is 15.4. The summed E-state index contributed by atoms with van der Waals surface area (Å²) in [6.45, 7) is 3.08. The molecule has 1 saturated heterocycles. The number of ether oxygens (including phenoxy) is 1. The molecule has 0 saturated carbocycles. The molecule has 9 nitrogen and oxygen atoms in total. The number of nitrogens with one attached hydrogen (secondary N) is 1. The van der Waals surface area contributed by atoms with Crippen LogP contribution < -0.4 is 0 Å². The van der Waals surface area contributed by atoms with Crippen LogP contribution in [0, 0.1) is 10.1 Å². The minimum atomic E-state index is -0.513. The van der Waals surface area contributed by atoms with E-state index in [0.29, 0.717) is 24.1 Å². The summed E-state index contributed by atoms with van der Waals surface area (Å²) in [4.78, 5) is 14.5. The molecule has 1 aliphatic rings. The van der Waals surface area contributed by atoms with Crippen LogP contribution in [0.3, 0.4) is 0 Å². The Morgan fingerprint density at radius 3 is 2.75 bits per heavy atom. The second kappa shape index (κ2) is 7.97. The van der Waals surface area contributed by atoms with Crippen molar-refractivity contribution >= 4 is 39.9 Å². The molecule has 1 aromatic heterocycles. The number of hydrogen-bond acceptors (Lipinski definition) is 8. The number of rotatable bonds is 5. The van der Waals surface area contributed by atoms with Crippen molar-refractivity contribution in [3.63, 3.8) is 0 Å². The number of benzene rings is 2. The number of aromatic hydroxyl groups is 1. The molecule has 144 valence electrons. The second-order valence-electron chi connectivity index (χ2n) is 6.11. The minimum absolute atomic E-state index is 0.125. The molecular weight excluding hydrogens is 382 g/mol. The first-order valence-electron chi connectivity index (χ1n) is 8.62. The van der Waals surface area contributed by atoms with Crippen molar-refractivity contribution in [3.05, 3.63) is 52.6 Å². The number of aromatic nitrogens is 1. The van der Waals surface area contributed by atoms with Crippen LogP contribution in [0.2, 0.25) is 0 Å². The molecule has 3 aromatic rings. The van der Waals surface area contributed by atoms with Crippen LogP contribution in [-0.4, -0.2) is 45.6 Å². The summed E-state index contributed by atoms with van der Waals surface area (Å²) in [5.41, 5.74) is 0.937. The molecule has 0 amide bonds. The lowest BCUT2D eigenvalue weighted by molar-refractivity contribution is -0.384. The van der Waals surface area contributed by atoms with Crippen molar-refractivity contribution in [2.75, 3.05) is 26.3 Å². The standard InChI is InChI=1S/C18H17N5O4S/c24-18-17(21-20-15-3-1-2-4-16(15)23(25)26)13-11-12(5-6-14(13)19-18)28-22-7-9-27-10-8-22/h1-6,11,19,24H,7-10H2.